The molecule has 0 atom stereocenters. The average molecular weight is 381 g/mol. The first-order valence-corrected chi connectivity index (χ1v) is 9.37. The van der Waals surface area contributed by atoms with Gasteiger partial charge < -0.3 is 15.0 Å². The van der Waals surface area contributed by atoms with Gasteiger partial charge in [-0.2, -0.15) is 4.98 Å². The number of ether oxygens (including phenoxy) is 1. The zero-order valence-corrected chi connectivity index (χ0v) is 15.9. The summed E-state index contributed by atoms with van der Waals surface area (Å²) < 4.78 is 5.47. The first kappa shape index (κ1) is 17.8. The number of halogens is 1. The van der Waals surface area contributed by atoms with Crippen LogP contribution in [0.25, 0.3) is 11.3 Å². The molecule has 2 heterocycles. The van der Waals surface area contributed by atoms with Crippen LogP contribution in [0.1, 0.15) is 5.56 Å². The predicted molar refractivity (Wildman–Crippen MR) is 110 cm³/mol. The van der Waals surface area contributed by atoms with Crippen LogP contribution < -0.4 is 10.2 Å². The normalized spacial score (nSPS) is 14.2. The molecule has 1 aliphatic rings. The van der Waals surface area contributed by atoms with E-state index in [-0.39, 0.29) is 0 Å². The molecule has 1 fully saturated rings. The van der Waals surface area contributed by atoms with E-state index in [4.69, 9.17) is 26.3 Å². The van der Waals surface area contributed by atoms with Gasteiger partial charge in [-0.15, -0.1) is 0 Å². The highest BCUT2D eigenvalue weighted by Gasteiger charge is 2.16. The Labute approximate surface area is 164 Å². The molecular formula is C21H21ClN4O. The number of anilines is 3. The maximum absolute atomic E-state index is 6.26. The predicted octanol–water partition coefficient (Wildman–Crippen LogP) is 4.69. The minimum atomic E-state index is 0.553. The highest BCUT2D eigenvalue weighted by Crippen LogP contribution is 2.27. The molecule has 0 saturated carbocycles. The molecule has 27 heavy (non-hydrogen) atoms. The minimum absolute atomic E-state index is 0.553. The molecule has 4 rings (SSSR count). The van der Waals surface area contributed by atoms with Gasteiger partial charge in [-0.1, -0.05) is 48.0 Å². The van der Waals surface area contributed by atoms with Crippen molar-refractivity contribution >= 4 is 29.1 Å². The molecule has 1 aromatic heterocycles. The van der Waals surface area contributed by atoms with E-state index in [1.165, 1.54) is 0 Å². The fourth-order valence-electron chi connectivity index (χ4n) is 3.00. The Morgan fingerprint density at radius 3 is 2.52 bits per heavy atom. The van der Waals surface area contributed by atoms with Crippen molar-refractivity contribution in [3.8, 4) is 11.3 Å². The summed E-state index contributed by atoms with van der Waals surface area (Å²) in [5.74, 6) is 1.45. The van der Waals surface area contributed by atoms with Crippen LogP contribution in [0.2, 0.25) is 5.02 Å². The van der Waals surface area contributed by atoms with E-state index in [9.17, 15) is 0 Å². The molecule has 0 amide bonds. The summed E-state index contributed by atoms with van der Waals surface area (Å²) in [5, 5.41) is 4.01. The molecule has 0 bridgehead atoms. The van der Waals surface area contributed by atoms with E-state index in [1.54, 1.807) is 0 Å². The van der Waals surface area contributed by atoms with Crippen molar-refractivity contribution in [1.29, 1.82) is 0 Å². The molecule has 6 heteroatoms. The van der Waals surface area contributed by atoms with Gasteiger partial charge in [0.15, 0.2) is 0 Å². The smallest absolute Gasteiger partial charge is 0.229 e. The van der Waals surface area contributed by atoms with Gasteiger partial charge in [0.05, 0.1) is 18.9 Å². The Balaban J connectivity index is 1.71. The molecule has 0 unspecified atom stereocenters. The fourth-order valence-corrected chi connectivity index (χ4v) is 3.18. The van der Waals surface area contributed by atoms with E-state index in [0.29, 0.717) is 24.2 Å². The van der Waals surface area contributed by atoms with Crippen LogP contribution in [0.5, 0.6) is 0 Å². The van der Waals surface area contributed by atoms with Crippen LogP contribution in [0.3, 0.4) is 0 Å². The molecule has 1 aliphatic heterocycles. The average Bonchev–Trinajstić information content (AvgIpc) is 2.72. The lowest BCUT2D eigenvalue weighted by Crippen LogP contribution is -2.36. The van der Waals surface area contributed by atoms with Crippen molar-refractivity contribution in [2.75, 3.05) is 36.5 Å². The molecule has 0 spiro atoms. The van der Waals surface area contributed by atoms with Crippen molar-refractivity contribution in [2.45, 2.75) is 6.92 Å². The first-order chi connectivity index (χ1) is 13.2. The largest absolute Gasteiger partial charge is 0.378 e. The zero-order chi connectivity index (χ0) is 18.6. The standard InChI is InChI=1S/C21H21ClN4O/c1-15-7-8-17(13-18(15)22)23-21-24-19(16-5-3-2-4-6-16)14-20(25-21)26-9-11-27-12-10-26/h2-8,13-14H,9-12H2,1H3,(H,23,24,25). The fraction of sp³-hybridized carbons (Fsp3) is 0.238. The summed E-state index contributed by atoms with van der Waals surface area (Å²) in [4.78, 5) is 11.7. The Kier molecular flexibility index (Phi) is 5.23. The quantitative estimate of drug-likeness (QED) is 0.711. The van der Waals surface area contributed by atoms with Crippen LogP contribution in [0.4, 0.5) is 17.5 Å². The van der Waals surface area contributed by atoms with E-state index in [1.807, 2.05) is 49.4 Å². The Bertz CT molecular complexity index is 927. The SMILES string of the molecule is Cc1ccc(Nc2nc(-c3ccccc3)cc(N3CCOCC3)n2)cc1Cl. The first-order valence-electron chi connectivity index (χ1n) is 8.99. The minimum Gasteiger partial charge on any atom is -0.378 e. The van der Waals surface area contributed by atoms with Gasteiger partial charge in [0.2, 0.25) is 5.95 Å². The summed E-state index contributed by atoms with van der Waals surface area (Å²) >= 11 is 6.26. The number of benzene rings is 2. The Morgan fingerprint density at radius 1 is 1.00 bits per heavy atom. The summed E-state index contributed by atoms with van der Waals surface area (Å²) in [6.45, 7) is 5.04. The van der Waals surface area contributed by atoms with E-state index < -0.39 is 0 Å². The molecule has 1 saturated heterocycles. The number of aromatic nitrogens is 2. The molecule has 3 aromatic rings. The van der Waals surface area contributed by atoms with Gasteiger partial charge in [0, 0.05) is 35.4 Å². The summed E-state index contributed by atoms with van der Waals surface area (Å²) in [5.41, 5.74) is 3.84. The van der Waals surface area contributed by atoms with Crippen molar-refractivity contribution in [3.63, 3.8) is 0 Å². The highest BCUT2D eigenvalue weighted by molar-refractivity contribution is 6.31. The van der Waals surface area contributed by atoms with Gasteiger partial charge in [0.1, 0.15) is 5.82 Å². The molecule has 2 aromatic carbocycles. The van der Waals surface area contributed by atoms with Crippen molar-refractivity contribution < 1.29 is 4.74 Å². The van der Waals surface area contributed by atoms with Crippen LogP contribution in [0.15, 0.2) is 54.6 Å². The maximum Gasteiger partial charge on any atom is 0.229 e. The second kappa shape index (κ2) is 7.94. The number of nitrogens with zero attached hydrogens (tertiary/aromatic N) is 3. The van der Waals surface area contributed by atoms with Crippen LogP contribution in [-0.2, 0) is 4.74 Å². The van der Waals surface area contributed by atoms with E-state index >= 15 is 0 Å². The Hall–Kier alpha value is -2.63. The number of hydrogen-bond acceptors (Lipinski definition) is 5. The number of rotatable bonds is 4. The second-order valence-electron chi connectivity index (χ2n) is 6.49. The molecule has 0 aliphatic carbocycles. The molecule has 1 N–H and O–H groups in total. The summed E-state index contributed by atoms with van der Waals surface area (Å²) in [6, 6.07) is 18.0. The second-order valence-corrected chi connectivity index (χ2v) is 6.90. The summed E-state index contributed by atoms with van der Waals surface area (Å²) in [7, 11) is 0. The van der Waals surface area contributed by atoms with Gasteiger partial charge in [-0.3, -0.25) is 0 Å². The maximum atomic E-state index is 6.26. The van der Waals surface area contributed by atoms with Gasteiger partial charge in [-0.25, -0.2) is 4.98 Å². The summed E-state index contributed by atoms with van der Waals surface area (Å²) in [6.07, 6.45) is 0. The topological polar surface area (TPSA) is 50.3 Å². The third-order valence-electron chi connectivity index (χ3n) is 4.55. The Morgan fingerprint density at radius 2 is 1.78 bits per heavy atom. The number of hydrogen-bond donors (Lipinski definition) is 1. The molecule has 0 radical (unpaired) electrons. The lowest BCUT2D eigenvalue weighted by atomic mass is 10.1. The van der Waals surface area contributed by atoms with Crippen molar-refractivity contribution in [3.05, 3.63) is 65.2 Å². The zero-order valence-electron chi connectivity index (χ0n) is 15.2. The third-order valence-corrected chi connectivity index (χ3v) is 4.95. The van der Waals surface area contributed by atoms with Crippen molar-refractivity contribution in [2.24, 2.45) is 0 Å². The van der Waals surface area contributed by atoms with E-state index in [2.05, 4.69) is 22.3 Å². The van der Waals surface area contributed by atoms with Crippen LogP contribution in [-0.4, -0.2) is 36.3 Å². The number of nitrogens with one attached hydrogen (secondary N) is 1. The van der Waals surface area contributed by atoms with Gasteiger partial charge in [-0.05, 0) is 24.6 Å². The highest BCUT2D eigenvalue weighted by atomic mass is 35.5. The van der Waals surface area contributed by atoms with Crippen LogP contribution in [0, 0.1) is 6.92 Å². The molecular weight excluding hydrogens is 360 g/mol. The number of morpholine rings is 1. The molecule has 138 valence electrons. The van der Waals surface area contributed by atoms with Gasteiger partial charge >= 0.3 is 0 Å². The monoisotopic (exact) mass is 380 g/mol. The molecule has 5 nitrogen and oxygen atoms in total. The van der Waals surface area contributed by atoms with Gasteiger partial charge in [0.25, 0.3) is 0 Å². The van der Waals surface area contributed by atoms with Crippen LogP contribution >= 0.6 is 11.6 Å². The van der Waals surface area contributed by atoms with Crippen molar-refractivity contribution in [1.82, 2.24) is 9.97 Å². The third kappa shape index (κ3) is 4.21. The lowest BCUT2D eigenvalue weighted by Gasteiger charge is -2.28. The lowest BCUT2D eigenvalue weighted by molar-refractivity contribution is 0.122. The van der Waals surface area contributed by atoms with E-state index in [0.717, 1.165) is 41.4 Å². The number of aryl methyl sites for hydroxylation is 1.